The van der Waals surface area contributed by atoms with Gasteiger partial charge >= 0.3 is 0 Å². The Bertz CT molecular complexity index is 702. The van der Waals surface area contributed by atoms with Gasteiger partial charge in [-0.25, -0.2) is 8.78 Å². The van der Waals surface area contributed by atoms with Gasteiger partial charge in [0.05, 0.1) is 28.2 Å². The lowest BCUT2D eigenvalue weighted by atomic mass is 10.1. The van der Waals surface area contributed by atoms with Crippen LogP contribution in [-0.2, 0) is 16.6 Å². The van der Waals surface area contributed by atoms with Crippen molar-refractivity contribution in [2.75, 3.05) is 5.73 Å². The fourth-order valence-electron chi connectivity index (χ4n) is 1.77. The second-order valence-electron chi connectivity index (χ2n) is 4.07. The van der Waals surface area contributed by atoms with E-state index >= 15 is 0 Å². The summed E-state index contributed by atoms with van der Waals surface area (Å²) in [5.41, 5.74) is 6.04. The summed E-state index contributed by atoms with van der Waals surface area (Å²) >= 11 is 0. The van der Waals surface area contributed by atoms with E-state index in [0.29, 0.717) is 11.1 Å². The number of benzene rings is 2. The van der Waals surface area contributed by atoms with Crippen LogP contribution in [0.5, 0.6) is 0 Å². The van der Waals surface area contributed by atoms with Crippen LogP contribution in [0.4, 0.5) is 14.5 Å². The number of nitrogens with zero attached hydrogens (tertiary/aromatic N) is 1. The van der Waals surface area contributed by atoms with Gasteiger partial charge in [-0.2, -0.15) is 5.26 Å². The van der Waals surface area contributed by atoms with E-state index in [0.717, 1.165) is 12.1 Å². The smallest absolute Gasteiger partial charge is 0.144 e. The highest BCUT2D eigenvalue weighted by Gasteiger charge is 2.18. The Morgan fingerprint density at radius 1 is 1.20 bits per heavy atom. The Kier molecular flexibility index (Phi) is 4.11. The molecule has 0 aliphatic carbocycles. The number of hydrogen-bond donors (Lipinski definition) is 1. The molecule has 0 saturated heterocycles. The molecule has 1 unspecified atom stereocenters. The lowest BCUT2D eigenvalue weighted by Gasteiger charge is -2.07. The average molecular weight is 292 g/mol. The first-order valence-electron chi connectivity index (χ1n) is 5.64. The second kappa shape index (κ2) is 5.80. The molecule has 0 bridgehead atoms. The van der Waals surface area contributed by atoms with Gasteiger partial charge in [-0.15, -0.1) is 0 Å². The molecule has 0 radical (unpaired) electrons. The van der Waals surface area contributed by atoms with E-state index < -0.39 is 27.3 Å². The van der Waals surface area contributed by atoms with Crippen LogP contribution in [0.2, 0.25) is 0 Å². The van der Waals surface area contributed by atoms with E-state index in [2.05, 4.69) is 0 Å². The van der Waals surface area contributed by atoms with Crippen molar-refractivity contribution in [3.8, 4) is 6.07 Å². The zero-order valence-electron chi connectivity index (χ0n) is 10.3. The third-order valence-corrected chi connectivity index (χ3v) is 4.09. The van der Waals surface area contributed by atoms with Crippen molar-refractivity contribution in [1.29, 1.82) is 5.26 Å². The van der Waals surface area contributed by atoms with Gasteiger partial charge in [0.15, 0.2) is 0 Å². The molecule has 0 aliphatic rings. The maximum Gasteiger partial charge on any atom is 0.144 e. The predicted octanol–water partition coefficient (Wildman–Crippen LogP) is 2.73. The zero-order valence-corrected chi connectivity index (χ0v) is 11.1. The minimum absolute atomic E-state index is 0.0711. The molecule has 0 aromatic heterocycles. The largest absolute Gasteiger partial charge is 0.399 e. The Balaban J connectivity index is 2.37. The van der Waals surface area contributed by atoms with Crippen LogP contribution in [-0.4, -0.2) is 4.21 Å². The van der Waals surface area contributed by atoms with E-state index in [-0.39, 0.29) is 11.4 Å². The Hall–Kier alpha value is -2.26. The normalized spacial score (nSPS) is 11.8. The van der Waals surface area contributed by atoms with Crippen molar-refractivity contribution in [2.24, 2.45) is 0 Å². The highest BCUT2D eigenvalue weighted by molar-refractivity contribution is 7.84. The van der Waals surface area contributed by atoms with Crippen LogP contribution in [0, 0.1) is 23.0 Å². The predicted molar refractivity (Wildman–Crippen MR) is 72.0 cm³/mol. The summed E-state index contributed by atoms with van der Waals surface area (Å²) in [7, 11) is -1.93. The van der Waals surface area contributed by atoms with E-state index in [4.69, 9.17) is 11.0 Å². The second-order valence-corrected chi connectivity index (χ2v) is 5.46. The number of hydrogen-bond acceptors (Lipinski definition) is 3. The zero-order chi connectivity index (χ0) is 14.7. The first kappa shape index (κ1) is 14.2. The lowest BCUT2D eigenvalue weighted by Crippen LogP contribution is -2.05. The highest BCUT2D eigenvalue weighted by atomic mass is 32.2. The molecule has 6 heteroatoms. The van der Waals surface area contributed by atoms with Crippen molar-refractivity contribution in [3.05, 3.63) is 59.2 Å². The average Bonchev–Trinajstić information content (AvgIpc) is 2.38. The minimum atomic E-state index is -1.93. The summed E-state index contributed by atoms with van der Waals surface area (Å²) in [5.74, 6) is -2.04. The number of anilines is 1. The molecule has 2 rings (SSSR count). The van der Waals surface area contributed by atoms with Crippen molar-refractivity contribution >= 4 is 16.5 Å². The molecule has 1 atom stereocenters. The molecular weight excluding hydrogens is 282 g/mol. The number of rotatable bonds is 3. The standard InChI is InChI=1S/C14H10F2N2OS/c15-12-5-11(18)6-13(16)14(12)20(19)8-10-4-2-1-3-9(10)7-17/h1-6H,8,18H2. The monoisotopic (exact) mass is 292 g/mol. The number of nitrogen functional groups attached to an aromatic ring is 1. The number of halogens is 2. The summed E-state index contributed by atoms with van der Waals surface area (Å²) in [6.07, 6.45) is 0. The van der Waals surface area contributed by atoms with Crippen LogP contribution in [0.15, 0.2) is 41.3 Å². The topological polar surface area (TPSA) is 66.9 Å². The van der Waals surface area contributed by atoms with Crippen LogP contribution in [0.1, 0.15) is 11.1 Å². The van der Waals surface area contributed by atoms with Gasteiger partial charge < -0.3 is 5.73 Å². The van der Waals surface area contributed by atoms with Gasteiger partial charge in [0.1, 0.15) is 16.5 Å². The van der Waals surface area contributed by atoms with Crippen molar-refractivity contribution in [2.45, 2.75) is 10.6 Å². The van der Waals surface area contributed by atoms with Crippen molar-refractivity contribution < 1.29 is 13.0 Å². The third kappa shape index (κ3) is 2.83. The fourth-order valence-corrected chi connectivity index (χ4v) is 3.00. The van der Waals surface area contributed by atoms with Gasteiger partial charge in [-0.05, 0) is 23.8 Å². The summed E-state index contributed by atoms with van der Waals surface area (Å²) in [5, 5.41) is 8.93. The molecule has 3 nitrogen and oxygen atoms in total. The Morgan fingerprint density at radius 2 is 1.80 bits per heavy atom. The molecule has 2 aromatic rings. The molecular formula is C14H10F2N2OS. The van der Waals surface area contributed by atoms with Crippen LogP contribution in [0.25, 0.3) is 0 Å². The summed E-state index contributed by atoms with van der Waals surface area (Å²) < 4.78 is 39.5. The SMILES string of the molecule is N#Cc1ccccc1CS(=O)c1c(F)cc(N)cc1F. The first-order valence-corrected chi connectivity index (χ1v) is 6.95. The molecule has 0 saturated carbocycles. The Labute approximate surface area is 117 Å². The highest BCUT2D eigenvalue weighted by Crippen LogP contribution is 2.23. The van der Waals surface area contributed by atoms with E-state index in [1.165, 1.54) is 0 Å². The van der Waals surface area contributed by atoms with Crippen LogP contribution >= 0.6 is 0 Å². The van der Waals surface area contributed by atoms with E-state index in [9.17, 15) is 13.0 Å². The number of nitrogens with two attached hydrogens (primary N) is 1. The summed E-state index contributed by atoms with van der Waals surface area (Å²) in [4.78, 5) is -0.521. The lowest BCUT2D eigenvalue weighted by molar-refractivity contribution is 0.535. The van der Waals surface area contributed by atoms with Gasteiger partial charge in [0, 0.05) is 5.69 Å². The summed E-state index contributed by atoms with van der Waals surface area (Å²) in [6.45, 7) is 0. The molecule has 0 amide bonds. The molecule has 0 fully saturated rings. The van der Waals surface area contributed by atoms with Gasteiger partial charge in [0.2, 0.25) is 0 Å². The maximum atomic E-state index is 13.7. The van der Waals surface area contributed by atoms with Gasteiger partial charge in [-0.3, -0.25) is 4.21 Å². The van der Waals surface area contributed by atoms with E-state index in [1.807, 2.05) is 6.07 Å². The molecule has 0 aliphatic heterocycles. The minimum Gasteiger partial charge on any atom is -0.399 e. The molecule has 0 spiro atoms. The third-order valence-electron chi connectivity index (χ3n) is 2.67. The molecule has 0 heterocycles. The quantitative estimate of drug-likeness (QED) is 0.884. The van der Waals surface area contributed by atoms with Crippen LogP contribution < -0.4 is 5.73 Å². The molecule has 2 N–H and O–H groups in total. The summed E-state index contributed by atoms with van der Waals surface area (Å²) in [6, 6.07) is 10.3. The Morgan fingerprint density at radius 3 is 2.40 bits per heavy atom. The molecule has 2 aromatic carbocycles. The first-order chi connectivity index (χ1) is 9.52. The number of nitriles is 1. The van der Waals surface area contributed by atoms with Crippen molar-refractivity contribution in [1.82, 2.24) is 0 Å². The maximum absolute atomic E-state index is 13.7. The van der Waals surface area contributed by atoms with Crippen LogP contribution in [0.3, 0.4) is 0 Å². The van der Waals surface area contributed by atoms with Crippen molar-refractivity contribution in [3.63, 3.8) is 0 Å². The molecule has 102 valence electrons. The fraction of sp³-hybridized carbons (Fsp3) is 0.0714. The van der Waals surface area contributed by atoms with Gasteiger partial charge in [-0.1, -0.05) is 18.2 Å². The molecule has 20 heavy (non-hydrogen) atoms. The van der Waals surface area contributed by atoms with Gasteiger partial charge in [0.25, 0.3) is 0 Å². The van der Waals surface area contributed by atoms with E-state index in [1.54, 1.807) is 24.3 Å².